The summed E-state index contributed by atoms with van der Waals surface area (Å²) in [5.41, 5.74) is 1.99. The number of rotatable bonds is 1. The Morgan fingerprint density at radius 1 is 1.19 bits per heavy atom. The fourth-order valence-corrected chi connectivity index (χ4v) is 1.63. The van der Waals surface area contributed by atoms with E-state index in [1.165, 1.54) is 0 Å². The van der Waals surface area contributed by atoms with Crippen LogP contribution in [0.15, 0.2) is 24.4 Å². The highest BCUT2D eigenvalue weighted by molar-refractivity contribution is 6.31. The minimum atomic E-state index is 0.655. The lowest BCUT2D eigenvalue weighted by Crippen LogP contribution is -1.88. The van der Waals surface area contributed by atoms with Gasteiger partial charge in [0, 0.05) is 17.6 Å². The molecule has 0 fully saturated rings. The maximum atomic E-state index is 5.85. The number of aryl methyl sites for hydroxylation is 1. The number of hydrogen-bond acceptors (Lipinski definition) is 2. The highest BCUT2D eigenvalue weighted by atomic mass is 35.5. The molecule has 2 rings (SSSR count). The van der Waals surface area contributed by atoms with Crippen molar-refractivity contribution < 1.29 is 4.74 Å². The lowest BCUT2D eigenvalue weighted by atomic mass is 10.1. The van der Waals surface area contributed by atoms with Crippen LogP contribution < -0.4 is 4.74 Å². The lowest BCUT2D eigenvalue weighted by molar-refractivity contribution is 0.412. The van der Waals surface area contributed by atoms with Gasteiger partial charge in [0.05, 0.1) is 17.6 Å². The predicted octanol–water partition coefficient (Wildman–Crippen LogP) is 4.23. The monoisotopic (exact) mass is 237 g/mol. The molecular formula is C13H16ClNO. The summed E-state index contributed by atoms with van der Waals surface area (Å²) in [6, 6.07) is 5.84. The zero-order valence-electron chi connectivity index (χ0n) is 10.0. The third-order valence-corrected chi connectivity index (χ3v) is 2.37. The molecule has 0 spiro atoms. The number of fused-ring (bicyclic) bond motifs is 1. The van der Waals surface area contributed by atoms with Crippen LogP contribution in [0.4, 0.5) is 0 Å². The normalized spacial score (nSPS) is 9.56. The van der Waals surface area contributed by atoms with E-state index in [4.69, 9.17) is 16.3 Å². The molecule has 0 aliphatic heterocycles. The highest BCUT2D eigenvalue weighted by Gasteiger charge is 2.02. The summed E-state index contributed by atoms with van der Waals surface area (Å²) in [7, 11) is 1.66. The molecule has 0 saturated carbocycles. The van der Waals surface area contributed by atoms with Crippen LogP contribution in [-0.4, -0.2) is 12.1 Å². The molecule has 0 atom stereocenters. The molecule has 1 aromatic heterocycles. The predicted molar refractivity (Wildman–Crippen MR) is 69.4 cm³/mol. The summed E-state index contributed by atoms with van der Waals surface area (Å²) in [4.78, 5) is 4.22. The number of pyridine rings is 1. The number of ether oxygens (including phenoxy) is 1. The average Bonchev–Trinajstić information content (AvgIpc) is 2.30. The molecule has 0 aliphatic carbocycles. The third-order valence-electron chi connectivity index (χ3n) is 2.16. The second kappa shape index (κ2) is 5.71. The second-order valence-electron chi connectivity index (χ2n) is 3.17. The molecule has 16 heavy (non-hydrogen) atoms. The Morgan fingerprint density at radius 3 is 2.50 bits per heavy atom. The van der Waals surface area contributed by atoms with Gasteiger partial charge in [0.2, 0.25) is 0 Å². The summed E-state index contributed by atoms with van der Waals surface area (Å²) in [6.07, 6.45) is 1.64. The summed E-state index contributed by atoms with van der Waals surface area (Å²) >= 11 is 5.85. The molecule has 0 N–H and O–H groups in total. The number of nitrogens with zero attached hydrogens (tertiary/aromatic N) is 1. The van der Waals surface area contributed by atoms with Crippen LogP contribution in [0.5, 0.6) is 5.75 Å². The van der Waals surface area contributed by atoms with E-state index >= 15 is 0 Å². The van der Waals surface area contributed by atoms with E-state index in [9.17, 15) is 0 Å². The Morgan fingerprint density at radius 2 is 1.88 bits per heavy atom. The van der Waals surface area contributed by atoms with Gasteiger partial charge in [0.1, 0.15) is 5.75 Å². The van der Waals surface area contributed by atoms with Crippen LogP contribution in [0, 0.1) is 6.92 Å². The molecule has 1 aromatic carbocycles. The number of aromatic nitrogens is 1. The SMILES string of the molecule is CC.COc1cc2ncc(Cl)cc2cc1C. The molecule has 0 aliphatic rings. The molecule has 2 aromatic rings. The molecule has 0 unspecified atom stereocenters. The molecule has 1 heterocycles. The minimum Gasteiger partial charge on any atom is -0.496 e. The summed E-state index contributed by atoms with van der Waals surface area (Å²) in [5, 5.41) is 1.69. The van der Waals surface area contributed by atoms with E-state index in [0.717, 1.165) is 22.2 Å². The number of halogens is 1. The van der Waals surface area contributed by atoms with Gasteiger partial charge in [-0.2, -0.15) is 0 Å². The van der Waals surface area contributed by atoms with Gasteiger partial charge in [0.25, 0.3) is 0 Å². The van der Waals surface area contributed by atoms with Crippen LogP contribution in [0.2, 0.25) is 5.02 Å². The second-order valence-corrected chi connectivity index (χ2v) is 3.60. The molecule has 0 amide bonds. The van der Waals surface area contributed by atoms with Gasteiger partial charge >= 0.3 is 0 Å². The van der Waals surface area contributed by atoms with Crippen molar-refractivity contribution in [2.75, 3.05) is 7.11 Å². The Hall–Kier alpha value is -1.28. The van der Waals surface area contributed by atoms with Crippen LogP contribution in [0.3, 0.4) is 0 Å². The van der Waals surface area contributed by atoms with E-state index < -0.39 is 0 Å². The van der Waals surface area contributed by atoms with Crippen molar-refractivity contribution in [3.63, 3.8) is 0 Å². The number of methoxy groups -OCH3 is 1. The Bertz CT molecular complexity index is 483. The van der Waals surface area contributed by atoms with Gasteiger partial charge in [0.15, 0.2) is 0 Å². The standard InChI is InChI=1S/C11H10ClNO.C2H6/c1-7-3-8-4-9(12)6-13-10(8)5-11(7)14-2;1-2/h3-6H,1-2H3;1-2H3. The lowest BCUT2D eigenvalue weighted by Gasteiger charge is -2.06. The minimum absolute atomic E-state index is 0.655. The zero-order valence-corrected chi connectivity index (χ0v) is 10.8. The van der Waals surface area contributed by atoms with E-state index in [-0.39, 0.29) is 0 Å². The smallest absolute Gasteiger partial charge is 0.123 e. The largest absolute Gasteiger partial charge is 0.496 e. The van der Waals surface area contributed by atoms with Gasteiger partial charge < -0.3 is 4.74 Å². The van der Waals surface area contributed by atoms with Crippen molar-refractivity contribution in [3.05, 3.63) is 35.0 Å². The summed E-state index contributed by atoms with van der Waals surface area (Å²) in [6.45, 7) is 6.00. The van der Waals surface area contributed by atoms with Crippen LogP contribution >= 0.6 is 11.6 Å². The van der Waals surface area contributed by atoms with Gasteiger partial charge in [-0.3, -0.25) is 4.98 Å². The Labute approximate surface area is 101 Å². The average molecular weight is 238 g/mol. The Balaban J connectivity index is 0.000000606. The van der Waals surface area contributed by atoms with Gasteiger partial charge in [-0.25, -0.2) is 0 Å². The summed E-state index contributed by atoms with van der Waals surface area (Å²) < 4.78 is 5.21. The summed E-state index contributed by atoms with van der Waals surface area (Å²) in [5.74, 6) is 0.854. The third kappa shape index (κ3) is 2.64. The molecule has 86 valence electrons. The maximum Gasteiger partial charge on any atom is 0.123 e. The van der Waals surface area contributed by atoms with Gasteiger partial charge in [-0.1, -0.05) is 25.4 Å². The van der Waals surface area contributed by atoms with Crippen molar-refractivity contribution in [2.24, 2.45) is 0 Å². The number of benzene rings is 1. The molecule has 3 heteroatoms. The van der Waals surface area contributed by atoms with Crippen LogP contribution in [-0.2, 0) is 0 Å². The molecule has 0 radical (unpaired) electrons. The van der Waals surface area contributed by atoms with Crippen molar-refractivity contribution in [3.8, 4) is 5.75 Å². The number of hydrogen-bond donors (Lipinski definition) is 0. The molecule has 2 nitrogen and oxygen atoms in total. The molecular weight excluding hydrogens is 222 g/mol. The first-order chi connectivity index (χ1) is 7.70. The van der Waals surface area contributed by atoms with Crippen molar-refractivity contribution in [1.82, 2.24) is 4.98 Å². The first-order valence-electron chi connectivity index (χ1n) is 5.30. The first kappa shape index (κ1) is 12.8. The van der Waals surface area contributed by atoms with Crippen LogP contribution in [0.1, 0.15) is 19.4 Å². The van der Waals surface area contributed by atoms with Crippen LogP contribution in [0.25, 0.3) is 10.9 Å². The first-order valence-corrected chi connectivity index (χ1v) is 5.68. The quantitative estimate of drug-likeness (QED) is 0.741. The maximum absolute atomic E-state index is 5.85. The van der Waals surface area contributed by atoms with Crippen molar-refractivity contribution in [2.45, 2.75) is 20.8 Å². The van der Waals surface area contributed by atoms with Crippen molar-refractivity contribution in [1.29, 1.82) is 0 Å². The topological polar surface area (TPSA) is 22.1 Å². The van der Waals surface area contributed by atoms with Crippen molar-refractivity contribution >= 4 is 22.5 Å². The van der Waals surface area contributed by atoms with E-state index in [1.54, 1.807) is 13.3 Å². The zero-order chi connectivity index (χ0) is 12.1. The Kier molecular flexibility index (Phi) is 4.56. The van der Waals surface area contributed by atoms with Gasteiger partial charge in [-0.05, 0) is 24.6 Å². The highest BCUT2D eigenvalue weighted by Crippen LogP contribution is 2.25. The van der Waals surface area contributed by atoms with E-state index in [2.05, 4.69) is 4.98 Å². The fraction of sp³-hybridized carbons (Fsp3) is 0.308. The molecule has 0 bridgehead atoms. The van der Waals surface area contributed by atoms with E-state index in [1.807, 2.05) is 39.0 Å². The van der Waals surface area contributed by atoms with E-state index in [0.29, 0.717) is 5.02 Å². The fourth-order valence-electron chi connectivity index (χ4n) is 1.46. The molecule has 0 saturated heterocycles. The van der Waals surface area contributed by atoms with Gasteiger partial charge in [-0.15, -0.1) is 0 Å².